The van der Waals surface area contributed by atoms with E-state index in [1.165, 1.54) is 63.9 Å². The molecule has 3 heteroatoms. The number of hydrogen-bond donors (Lipinski definition) is 1. The Kier molecular flexibility index (Phi) is 14.8. The molecule has 3 nitrogen and oxygen atoms in total. The van der Waals surface area contributed by atoms with Crippen LogP contribution < -0.4 is 0 Å². The lowest BCUT2D eigenvalue weighted by Gasteiger charge is -2.15. The predicted octanol–water partition coefficient (Wildman–Crippen LogP) is 6.30. The van der Waals surface area contributed by atoms with Crippen molar-refractivity contribution >= 4 is 5.97 Å². The molecular formula is C23H44O3. The van der Waals surface area contributed by atoms with Gasteiger partial charge in [0.1, 0.15) is 12.7 Å². The molecule has 3 unspecified atom stereocenters. The number of ether oxygens (including phenoxy) is 1. The maximum absolute atomic E-state index is 11.2. The second-order valence-corrected chi connectivity index (χ2v) is 8.71. The van der Waals surface area contributed by atoms with E-state index in [1.807, 2.05) is 6.08 Å². The van der Waals surface area contributed by atoms with E-state index in [4.69, 9.17) is 9.84 Å². The molecular weight excluding hydrogens is 324 g/mol. The summed E-state index contributed by atoms with van der Waals surface area (Å²) in [5.74, 6) is 1.94. The molecule has 0 saturated carbocycles. The zero-order valence-corrected chi connectivity index (χ0v) is 18.2. The van der Waals surface area contributed by atoms with Crippen molar-refractivity contribution in [2.24, 2.45) is 17.8 Å². The van der Waals surface area contributed by atoms with Gasteiger partial charge in [-0.05, 0) is 50.5 Å². The number of carbonyl (C=O) groups is 1. The van der Waals surface area contributed by atoms with Gasteiger partial charge in [-0.15, -0.1) is 0 Å². The van der Waals surface area contributed by atoms with Crippen LogP contribution in [0.2, 0.25) is 0 Å². The Hall–Kier alpha value is -0.830. The lowest BCUT2D eigenvalue weighted by Crippen LogP contribution is -2.19. The highest BCUT2D eigenvalue weighted by Gasteiger charge is 2.09. The molecule has 0 aliphatic carbocycles. The van der Waals surface area contributed by atoms with Crippen LogP contribution in [0.3, 0.4) is 0 Å². The zero-order valence-electron chi connectivity index (χ0n) is 18.2. The molecule has 154 valence electrons. The molecule has 0 aromatic heterocycles. The van der Waals surface area contributed by atoms with E-state index in [1.54, 1.807) is 0 Å². The third-order valence-corrected chi connectivity index (χ3v) is 5.14. The summed E-state index contributed by atoms with van der Waals surface area (Å²) in [7, 11) is 0. The highest BCUT2D eigenvalue weighted by Crippen LogP contribution is 2.22. The quantitative estimate of drug-likeness (QED) is 0.273. The largest absolute Gasteiger partial charge is 0.460 e. The van der Waals surface area contributed by atoms with Crippen molar-refractivity contribution in [3.05, 3.63) is 11.6 Å². The van der Waals surface area contributed by atoms with Crippen molar-refractivity contribution in [1.29, 1.82) is 0 Å². The minimum absolute atomic E-state index is 0.264. The summed E-state index contributed by atoms with van der Waals surface area (Å²) in [6, 6.07) is 0. The van der Waals surface area contributed by atoms with Crippen molar-refractivity contribution in [1.82, 2.24) is 0 Å². The smallest absolute Gasteiger partial charge is 0.334 e. The van der Waals surface area contributed by atoms with Gasteiger partial charge in [0, 0.05) is 0 Å². The molecule has 0 radical (unpaired) electrons. The second-order valence-electron chi connectivity index (χ2n) is 8.71. The monoisotopic (exact) mass is 368 g/mol. The van der Waals surface area contributed by atoms with Gasteiger partial charge in [0.15, 0.2) is 0 Å². The van der Waals surface area contributed by atoms with E-state index >= 15 is 0 Å². The molecule has 0 amide bonds. The van der Waals surface area contributed by atoms with Crippen LogP contribution in [0.4, 0.5) is 0 Å². The summed E-state index contributed by atoms with van der Waals surface area (Å²) in [6.07, 6.45) is 12.6. The van der Waals surface area contributed by atoms with E-state index in [2.05, 4.69) is 34.6 Å². The minimum atomic E-state index is -1.04. The summed E-state index contributed by atoms with van der Waals surface area (Å²) in [6.45, 7) is 13.2. The number of hydrogen-bond acceptors (Lipinski definition) is 3. The van der Waals surface area contributed by atoms with Crippen molar-refractivity contribution < 1.29 is 14.6 Å². The standard InChI is InChI=1S/C23H44O3/c1-18(2)10-7-11-19(3)12-8-13-20(4)14-9-15-21(5)16-17-26-23(25)22(6)24/h16,18-20,22,24H,7-15,17H2,1-6H3. The molecule has 0 aliphatic heterocycles. The van der Waals surface area contributed by atoms with Gasteiger partial charge in [-0.3, -0.25) is 0 Å². The fraction of sp³-hybridized carbons (Fsp3) is 0.870. The normalized spacial score (nSPS) is 15.8. The first-order chi connectivity index (χ1) is 12.2. The molecule has 0 aromatic carbocycles. The molecule has 1 N–H and O–H groups in total. The second kappa shape index (κ2) is 15.2. The van der Waals surface area contributed by atoms with Crippen LogP contribution in [0.15, 0.2) is 11.6 Å². The van der Waals surface area contributed by atoms with Crippen LogP contribution in [0.5, 0.6) is 0 Å². The molecule has 0 bridgehead atoms. The van der Waals surface area contributed by atoms with Crippen LogP contribution in [0.25, 0.3) is 0 Å². The van der Waals surface area contributed by atoms with Gasteiger partial charge in [-0.25, -0.2) is 4.79 Å². The number of carbonyl (C=O) groups excluding carboxylic acids is 1. The van der Waals surface area contributed by atoms with Gasteiger partial charge < -0.3 is 9.84 Å². The van der Waals surface area contributed by atoms with Gasteiger partial charge in [0.2, 0.25) is 0 Å². The third kappa shape index (κ3) is 15.4. The van der Waals surface area contributed by atoms with Gasteiger partial charge in [0.05, 0.1) is 0 Å². The maximum Gasteiger partial charge on any atom is 0.334 e. The minimum Gasteiger partial charge on any atom is -0.460 e. The van der Waals surface area contributed by atoms with Gasteiger partial charge >= 0.3 is 5.97 Å². The molecule has 0 saturated heterocycles. The SMILES string of the molecule is CC(=CCOC(=O)C(C)O)CCCC(C)CCCC(C)CCCC(C)C. The first-order valence-electron chi connectivity index (χ1n) is 10.7. The Morgan fingerprint density at radius 3 is 1.88 bits per heavy atom. The van der Waals surface area contributed by atoms with Crippen molar-refractivity contribution in [2.75, 3.05) is 6.61 Å². The molecule has 3 atom stereocenters. The first kappa shape index (κ1) is 25.2. The molecule has 0 aromatic rings. The molecule has 0 heterocycles. The molecule has 0 aliphatic rings. The first-order valence-corrected chi connectivity index (χ1v) is 10.7. The molecule has 26 heavy (non-hydrogen) atoms. The Balaban J connectivity index is 3.69. The summed E-state index contributed by atoms with van der Waals surface area (Å²) in [5.41, 5.74) is 1.26. The van der Waals surface area contributed by atoms with Crippen LogP contribution in [0.1, 0.15) is 99.3 Å². The number of allylic oxidation sites excluding steroid dienone is 1. The molecule has 0 fully saturated rings. The van der Waals surface area contributed by atoms with Crippen molar-refractivity contribution in [2.45, 2.75) is 105 Å². The Morgan fingerprint density at radius 1 is 0.885 bits per heavy atom. The molecule has 0 spiro atoms. The van der Waals surface area contributed by atoms with Crippen molar-refractivity contribution in [3.8, 4) is 0 Å². The zero-order chi connectivity index (χ0) is 19.9. The van der Waals surface area contributed by atoms with Gasteiger partial charge in [-0.2, -0.15) is 0 Å². The fourth-order valence-electron chi connectivity index (χ4n) is 3.20. The van der Waals surface area contributed by atoms with Gasteiger partial charge in [0.25, 0.3) is 0 Å². The highest BCUT2D eigenvalue weighted by atomic mass is 16.5. The van der Waals surface area contributed by atoms with Gasteiger partial charge in [-0.1, -0.05) is 78.2 Å². The van der Waals surface area contributed by atoms with Crippen LogP contribution in [-0.2, 0) is 9.53 Å². The summed E-state index contributed by atoms with van der Waals surface area (Å²) >= 11 is 0. The topological polar surface area (TPSA) is 46.5 Å². The number of aliphatic hydroxyl groups excluding tert-OH is 1. The Labute approximate surface area is 162 Å². The molecule has 0 rings (SSSR count). The third-order valence-electron chi connectivity index (χ3n) is 5.14. The summed E-state index contributed by atoms with van der Waals surface area (Å²) in [4.78, 5) is 11.2. The summed E-state index contributed by atoms with van der Waals surface area (Å²) in [5, 5.41) is 9.06. The Morgan fingerprint density at radius 2 is 1.38 bits per heavy atom. The van der Waals surface area contributed by atoms with Crippen LogP contribution in [-0.4, -0.2) is 23.8 Å². The van der Waals surface area contributed by atoms with E-state index in [-0.39, 0.29) is 6.61 Å². The lowest BCUT2D eigenvalue weighted by atomic mass is 9.91. The summed E-state index contributed by atoms with van der Waals surface area (Å²) < 4.78 is 4.95. The number of aliphatic hydroxyl groups is 1. The lowest BCUT2D eigenvalue weighted by molar-refractivity contribution is -0.151. The van der Waals surface area contributed by atoms with Crippen LogP contribution >= 0.6 is 0 Å². The Bertz CT molecular complexity index is 385. The van der Waals surface area contributed by atoms with E-state index in [0.29, 0.717) is 0 Å². The highest BCUT2D eigenvalue weighted by molar-refractivity contribution is 5.73. The van der Waals surface area contributed by atoms with E-state index < -0.39 is 12.1 Å². The number of esters is 1. The predicted molar refractivity (Wildman–Crippen MR) is 111 cm³/mol. The van der Waals surface area contributed by atoms with Crippen LogP contribution in [0, 0.1) is 17.8 Å². The fourth-order valence-corrected chi connectivity index (χ4v) is 3.20. The van der Waals surface area contributed by atoms with E-state index in [0.717, 1.165) is 24.2 Å². The number of rotatable bonds is 15. The average molecular weight is 369 g/mol. The maximum atomic E-state index is 11.2. The van der Waals surface area contributed by atoms with E-state index in [9.17, 15) is 4.79 Å². The average Bonchev–Trinajstić information content (AvgIpc) is 2.54. The van der Waals surface area contributed by atoms with Crippen molar-refractivity contribution in [3.63, 3.8) is 0 Å².